The highest BCUT2D eigenvalue weighted by atomic mass is 16.6. The van der Waals surface area contributed by atoms with Crippen molar-refractivity contribution in [3.05, 3.63) is 65.2 Å². The van der Waals surface area contributed by atoms with Gasteiger partial charge in [0, 0.05) is 0 Å². The van der Waals surface area contributed by atoms with Crippen LogP contribution in [0.15, 0.2) is 48.5 Å². The van der Waals surface area contributed by atoms with E-state index in [2.05, 4.69) is 19.1 Å². The summed E-state index contributed by atoms with van der Waals surface area (Å²) in [4.78, 5) is 24.1. The number of ether oxygens (including phenoxy) is 2. The number of hydrogen-bond acceptors (Lipinski definition) is 5. The molecule has 0 aliphatic carbocycles. The molecular weight excluding hydrogens is 370 g/mol. The number of fused-ring (bicyclic) bond motifs is 1. The van der Waals surface area contributed by atoms with Crippen LogP contribution in [0.2, 0.25) is 0 Å². The van der Waals surface area contributed by atoms with Gasteiger partial charge in [-0.25, -0.2) is 4.79 Å². The molecule has 6 nitrogen and oxygen atoms in total. The molecule has 1 heterocycles. The first-order chi connectivity index (χ1) is 13.9. The Hall–Kier alpha value is -3.12. The summed E-state index contributed by atoms with van der Waals surface area (Å²) in [5.41, 5.74) is 6.08. The summed E-state index contributed by atoms with van der Waals surface area (Å²) in [7, 11) is 0. The first-order valence-electron chi connectivity index (χ1n) is 9.71. The van der Waals surface area contributed by atoms with Crippen molar-refractivity contribution in [3.63, 3.8) is 0 Å². The number of aryl methyl sites for hydroxylation is 1. The Morgan fingerprint density at radius 2 is 1.93 bits per heavy atom. The highest BCUT2D eigenvalue weighted by molar-refractivity contribution is 6.09. The lowest BCUT2D eigenvalue weighted by Gasteiger charge is -2.32. The van der Waals surface area contributed by atoms with E-state index in [4.69, 9.17) is 15.2 Å². The molecule has 0 bridgehead atoms. The molecule has 3 N–H and O–H groups in total. The lowest BCUT2D eigenvalue weighted by Crippen LogP contribution is -2.59. The van der Waals surface area contributed by atoms with Gasteiger partial charge in [0.2, 0.25) is 0 Å². The number of hydrogen-bond donors (Lipinski definition) is 2. The molecule has 1 aliphatic heterocycles. The predicted octanol–water partition coefficient (Wildman–Crippen LogP) is 3.83. The molecule has 0 radical (unpaired) electrons. The van der Waals surface area contributed by atoms with Crippen LogP contribution in [-0.4, -0.2) is 29.2 Å². The SMILES string of the molecule is CCCCCc1ccc(C=CC(=O)c2cccc3c2OC(N)(C(=O)O)CO3)cc1. The van der Waals surface area contributed by atoms with Gasteiger partial charge in [-0.15, -0.1) is 0 Å². The van der Waals surface area contributed by atoms with Crippen molar-refractivity contribution in [1.29, 1.82) is 0 Å². The summed E-state index contributed by atoms with van der Waals surface area (Å²) in [6, 6.07) is 12.9. The Balaban J connectivity index is 1.74. The molecule has 2 aromatic rings. The molecule has 29 heavy (non-hydrogen) atoms. The van der Waals surface area contributed by atoms with Crippen molar-refractivity contribution >= 4 is 17.8 Å². The largest absolute Gasteiger partial charge is 0.483 e. The quantitative estimate of drug-likeness (QED) is 0.400. The maximum Gasteiger partial charge on any atom is 0.367 e. The Kier molecular flexibility index (Phi) is 6.34. The van der Waals surface area contributed by atoms with Gasteiger partial charge < -0.3 is 14.6 Å². The molecule has 0 spiro atoms. The normalized spacial score (nSPS) is 18.0. The van der Waals surface area contributed by atoms with Gasteiger partial charge in [0.15, 0.2) is 23.9 Å². The van der Waals surface area contributed by atoms with Gasteiger partial charge in [0.1, 0.15) is 0 Å². The minimum Gasteiger partial charge on any atom is -0.483 e. The minimum atomic E-state index is -2.03. The van der Waals surface area contributed by atoms with E-state index in [9.17, 15) is 14.7 Å². The average molecular weight is 395 g/mol. The van der Waals surface area contributed by atoms with Gasteiger partial charge in [-0.2, -0.15) is 0 Å². The van der Waals surface area contributed by atoms with Crippen LogP contribution in [0.3, 0.4) is 0 Å². The zero-order valence-corrected chi connectivity index (χ0v) is 16.4. The second kappa shape index (κ2) is 8.92. The van der Waals surface area contributed by atoms with Crippen molar-refractivity contribution in [2.45, 2.75) is 38.3 Å². The number of allylic oxidation sites excluding steroid dienone is 1. The zero-order chi connectivity index (χ0) is 20.9. The second-order valence-corrected chi connectivity index (χ2v) is 7.11. The minimum absolute atomic E-state index is 0.0459. The molecule has 0 fully saturated rings. The summed E-state index contributed by atoms with van der Waals surface area (Å²) in [6.45, 7) is 1.84. The van der Waals surface area contributed by atoms with Crippen LogP contribution in [0.4, 0.5) is 0 Å². The standard InChI is InChI=1S/C23H25NO5/c1-2-3-4-6-16-9-11-17(12-10-16)13-14-19(25)18-7-5-8-20-21(18)29-23(24,15-28-20)22(26)27/h5,7-14H,2-4,6,15,24H2,1H3,(H,26,27). The maximum atomic E-state index is 12.7. The van der Waals surface area contributed by atoms with Crippen molar-refractivity contribution in [3.8, 4) is 11.5 Å². The van der Waals surface area contributed by atoms with Crippen LogP contribution in [0.5, 0.6) is 11.5 Å². The lowest BCUT2D eigenvalue weighted by atomic mass is 10.0. The molecule has 0 aromatic heterocycles. The van der Waals surface area contributed by atoms with E-state index in [-0.39, 0.29) is 23.7 Å². The molecule has 1 aliphatic rings. The van der Waals surface area contributed by atoms with Gasteiger partial charge in [0.05, 0.1) is 5.56 Å². The molecule has 0 amide bonds. The van der Waals surface area contributed by atoms with Crippen LogP contribution < -0.4 is 15.2 Å². The molecule has 1 atom stereocenters. The smallest absolute Gasteiger partial charge is 0.367 e. The summed E-state index contributed by atoms with van der Waals surface area (Å²) >= 11 is 0. The van der Waals surface area contributed by atoms with Gasteiger partial charge in [-0.05, 0) is 42.2 Å². The molecule has 6 heteroatoms. The number of para-hydroxylation sites is 1. The highest BCUT2D eigenvalue weighted by Crippen LogP contribution is 2.37. The monoisotopic (exact) mass is 395 g/mol. The van der Waals surface area contributed by atoms with Gasteiger partial charge in [-0.1, -0.05) is 56.2 Å². The molecule has 3 rings (SSSR count). The number of carbonyl (C=O) groups excluding carboxylic acids is 1. The Labute approximate surface area is 169 Å². The third kappa shape index (κ3) is 4.84. The summed E-state index contributed by atoms with van der Waals surface area (Å²) in [6.07, 6.45) is 7.78. The number of carboxylic acid groups (broad SMARTS) is 1. The molecule has 0 saturated heterocycles. The van der Waals surface area contributed by atoms with Crippen LogP contribution in [0, 0.1) is 0 Å². The number of carboxylic acids is 1. The van der Waals surface area contributed by atoms with Crippen LogP contribution >= 0.6 is 0 Å². The maximum absolute atomic E-state index is 12.7. The van der Waals surface area contributed by atoms with E-state index < -0.39 is 11.7 Å². The highest BCUT2D eigenvalue weighted by Gasteiger charge is 2.43. The number of benzene rings is 2. The summed E-state index contributed by atoms with van der Waals surface area (Å²) in [5.74, 6) is -1.35. The fourth-order valence-electron chi connectivity index (χ4n) is 3.07. The van der Waals surface area contributed by atoms with E-state index in [0.29, 0.717) is 5.75 Å². The van der Waals surface area contributed by atoms with E-state index in [1.807, 2.05) is 12.1 Å². The first-order valence-corrected chi connectivity index (χ1v) is 9.71. The number of rotatable bonds is 8. The molecule has 2 aromatic carbocycles. The van der Waals surface area contributed by atoms with Crippen molar-refractivity contribution in [2.75, 3.05) is 6.61 Å². The average Bonchev–Trinajstić information content (AvgIpc) is 2.72. The fraction of sp³-hybridized carbons (Fsp3) is 0.304. The predicted molar refractivity (Wildman–Crippen MR) is 110 cm³/mol. The van der Waals surface area contributed by atoms with Gasteiger partial charge in [0.25, 0.3) is 5.72 Å². The summed E-state index contributed by atoms with van der Waals surface area (Å²) < 4.78 is 10.8. The number of carbonyl (C=O) groups is 2. The van der Waals surface area contributed by atoms with Crippen LogP contribution in [-0.2, 0) is 11.2 Å². The number of unbranched alkanes of at least 4 members (excludes halogenated alkanes) is 2. The van der Waals surface area contributed by atoms with Crippen molar-refractivity contribution in [2.24, 2.45) is 5.73 Å². The fourth-order valence-corrected chi connectivity index (χ4v) is 3.07. The zero-order valence-electron chi connectivity index (χ0n) is 16.4. The molecular formula is C23H25NO5. The lowest BCUT2D eigenvalue weighted by molar-refractivity contribution is -0.160. The van der Waals surface area contributed by atoms with E-state index in [0.717, 1.165) is 12.0 Å². The molecule has 1 unspecified atom stereocenters. The molecule has 0 saturated carbocycles. The van der Waals surface area contributed by atoms with E-state index in [1.54, 1.807) is 24.3 Å². The second-order valence-electron chi connectivity index (χ2n) is 7.11. The van der Waals surface area contributed by atoms with E-state index in [1.165, 1.54) is 30.9 Å². The Morgan fingerprint density at radius 3 is 2.62 bits per heavy atom. The van der Waals surface area contributed by atoms with Gasteiger partial charge in [-0.3, -0.25) is 10.5 Å². The van der Waals surface area contributed by atoms with Crippen LogP contribution in [0.1, 0.15) is 47.7 Å². The summed E-state index contributed by atoms with van der Waals surface area (Å²) in [5, 5.41) is 9.27. The number of ketones is 1. The number of nitrogens with two attached hydrogens (primary N) is 1. The first kappa shape index (κ1) is 20.6. The van der Waals surface area contributed by atoms with Crippen molar-refractivity contribution < 1.29 is 24.2 Å². The third-order valence-corrected chi connectivity index (χ3v) is 4.81. The topological polar surface area (TPSA) is 98.9 Å². The third-order valence-electron chi connectivity index (χ3n) is 4.81. The number of aliphatic carboxylic acids is 1. The Bertz CT molecular complexity index is 919. The van der Waals surface area contributed by atoms with E-state index >= 15 is 0 Å². The van der Waals surface area contributed by atoms with Crippen molar-refractivity contribution in [1.82, 2.24) is 0 Å². The van der Waals surface area contributed by atoms with Gasteiger partial charge >= 0.3 is 5.97 Å². The molecule has 152 valence electrons. The Morgan fingerprint density at radius 1 is 1.17 bits per heavy atom. The van der Waals surface area contributed by atoms with Crippen LogP contribution in [0.25, 0.3) is 6.08 Å².